The molecule has 2 atom stereocenters. The predicted molar refractivity (Wildman–Crippen MR) is 85.9 cm³/mol. The van der Waals surface area contributed by atoms with E-state index in [9.17, 15) is 13.2 Å². The molecule has 2 rings (SSSR count). The van der Waals surface area contributed by atoms with E-state index in [0.717, 1.165) is 25.3 Å². The topological polar surface area (TPSA) is 38.0 Å². The lowest BCUT2D eigenvalue weighted by Gasteiger charge is -2.22. The van der Waals surface area contributed by atoms with Crippen molar-refractivity contribution >= 4 is 34.7 Å². The smallest absolute Gasteiger partial charge is 0.389 e. The van der Waals surface area contributed by atoms with Crippen molar-refractivity contribution in [3.8, 4) is 0 Å². The summed E-state index contributed by atoms with van der Waals surface area (Å²) in [5.41, 5.74) is 4.93. The Morgan fingerprint density at radius 3 is 2.67 bits per heavy atom. The van der Waals surface area contributed by atoms with Crippen molar-refractivity contribution < 1.29 is 13.2 Å². The minimum atomic E-state index is -4.47. The summed E-state index contributed by atoms with van der Waals surface area (Å²) in [6, 6.07) is 4.26. The van der Waals surface area contributed by atoms with Crippen LogP contribution in [0, 0.1) is 0 Å². The summed E-state index contributed by atoms with van der Waals surface area (Å²) in [5.74, 6) is 0. The van der Waals surface area contributed by atoms with Crippen LogP contribution in [0.5, 0.6) is 0 Å². The van der Waals surface area contributed by atoms with Crippen molar-refractivity contribution in [2.45, 2.75) is 36.7 Å². The van der Waals surface area contributed by atoms with Gasteiger partial charge in [0.1, 0.15) is 4.99 Å². The largest absolute Gasteiger partial charge is 0.417 e. The van der Waals surface area contributed by atoms with Crippen LogP contribution in [0.1, 0.15) is 30.4 Å². The van der Waals surface area contributed by atoms with Crippen molar-refractivity contribution in [3.63, 3.8) is 0 Å². The first kappa shape index (κ1) is 16.4. The van der Waals surface area contributed by atoms with Crippen molar-refractivity contribution in [2.75, 3.05) is 11.6 Å². The predicted octanol–water partition coefficient (Wildman–Crippen LogP) is 4.04. The van der Waals surface area contributed by atoms with E-state index >= 15 is 0 Å². The zero-order valence-electron chi connectivity index (χ0n) is 11.5. The van der Waals surface area contributed by atoms with Gasteiger partial charge in [-0.1, -0.05) is 18.6 Å². The number of alkyl halides is 3. The van der Waals surface area contributed by atoms with Crippen molar-refractivity contribution in [1.29, 1.82) is 0 Å². The molecule has 0 heterocycles. The Labute approximate surface area is 131 Å². The molecule has 2 unspecified atom stereocenters. The molecule has 7 heteroatoms. The molecule has 0 aliphatic heterocycles. The number of halogens is 3. The zero-order chi connectivity index (χ0) is 15.6. The molecule has 0 spiro atoms. The quantitative estimate of drug-likeness (QED) is 0.815. The molecule has 116 valence electrons. The van der Waals surface area contributed by atoms with E-state index in [1.165, 1.54) is 6.07 Å². The van der Waals surface area contributed by atoms with Crippen LogP contribution in [0.4, 0.5) is 18.9 Å². The molecule has 1 saturated carbocycles. The van der Waals surface area contributed by atoms with Crippen LogP contribution in [0.3, 0.4) is 0 Å². The molecule has 3 N–H and O–H groups in total. The molecule has 1 aromatic carbocycles. The lowest BCUT2D eigenvalue weighted by molar-refractivity contribution is -0.137. The normalized spacial score (nSPS) is 22.3. The number of anilines is 1. The van der Waals surface area contributed by atoms with Crippen LogP contribution in [0.25, 0.3) is 0 Å². The van der Waals surface area contributed by atoms with Gasteiger partial charge in [-0.25, -0.2) is 0 Å². The van der Waals surface area contributed by atoms with Crippen LogP contribution in [-0.4, -0.2) is 22.5 Å². The fourth-order valence-corrected chi connectivity index (χ4v) is 3.78. The highest BCUT2D eigenvalue weighted by Gasteiger charge is 2.35. The van der Waals surface area contributed by atoms with Crippen molar-refractivity contribution in [1.82, 2.24) is 0 Å². The average Bonchev–Trinajstić information content (AvgIpc) is 2.84. The van der Waals surface area contributed by atoms with Gasteiger partial charge in [0.05, 0.1) is 5.56 Å². The van der Waals surface area contributed by atoms with Gasteiger partial charge in [0.25, 0.3) is 0 Å². The third-order valence-corrected chi connectivity index (χ3v) is 5.09. The van der Waals surface area contributed by atoms with Gasteiger partial charge >= 0.3 is 6.18 Å². The maximum absolute atomic E-state index is 13.1. The third kappa shape index (κ3) is 3.83. The maximum Gasteiger partial charge on any atom is 0.417 e. The second kappa shape index (κ2) is 6.44. The minimum Gasteiger partial charge on any atom is -0.389 e. The monoisotopic (exact) mass is 334 g/mol. The molecule has 1 fully saturated rings. The van der Waals surface area contributed by atoms with Gasteiger partial charge < -0.3 is 11.1 Å². The van der Waals surface area contributed by atoms with E-state index in [1.54, 1.807) is 17.8 Å². The molecule has 2 nitrogen and oxygen atoms in total. The van der Waals surface area contributed by atoms with E-state index < -0.39 is 11.7 Å². The number of benzene rings is 1. The number of thiocarbonyl (C=S) groups is 1. The van der Waals surface area contributed by atoms with Gasteiger partial charge in [-0.05, 0) is 37.3 Å². The molecular formula is C14H17F3N2S2. The number of rotatable bonds is 4. The van der Waals surface area contributed by atoms with Gasteiger partial charge in [0.15, 0.2) is 0 Å². The highest BCUT2D eigenvalue weighted by atomic mass is 32.2. The van der Waals surface area contributed by atoms with Gasteiger partial charge in [-0.3, -0.25) is 0 Å². The molecule has 1 aromatic rings. The molecule has 1 aliphatic rings. The van der Waals surface area contributed by atoms with Crippen LogP contribution in [0.15, 0.2) is 18.2 Å². The standard InChI is InChI=1S/C14H17F3N2S2/c1-21-12-4-2-3-11(12)19-8-5-6-9(13(18)20)10(7-8)14(15,16)17/h5-7,11-12,19H,2-4H2,1H3,(H2,18,20). The van der Waals surface area contributed by atoms with Gasteiger partial charge in [0, 0.05) is 22.5 Å². The van der Waals surface area contributed by atoms with Gasteiger partial charge in [-0.2, -0.15) is 24.9 Å². The third-order valence-electron chi connectivity index (χ3n) is 3.70. The Bertz CT molecular complexity index is 531. The van der Waals surface area contributed by atoms with Crippen LogP contribution in [-0.2, 0) is 6.18 Å². The second-order valence-electron chi connectivity index (χ2n) is 5.08. The Morgan fingerprint density at radius 1 is 1.38 bits per heavy atom. The first-order valence-corrected chi connectivity index (χ1v) is 8.33. The van der Waals surface area contributed by atoms with E-state index in [4.69, 9.17) is 18.0 Å². The van der Waals surface area contributed by atoms with E-state index in [2.05, 4.69) is 5.32 Å². The number of hydrogen-bond acceptors (Lipinski definition) is 3. The summed E-state index contributed by atoms with van der Waals surface area (Å²) >= 11 is 6.45. The average molecular weight is 334 g/mol. The van der Waals surface area contributed by atoms with Crippen LogP contribution >= 0.6 is 24.0 Å². The molecule has 0 aromatic heterocycles. The minimum absolute atomic E-state index is 0.129. The summed E-state index contributed by atoms with van der Waals surface area (Å²) in [4.78, 5) is -0.239. The lowest BCUT2D eigenvalue weighted by atomic mass is 10.1. The Hall–Kier alpha value is -0.950. The molecule has 1 aliphatic carbocycles. The Balaban J connectivity index is 2.27. The first-order chi connectivity index (χ1) is 9.82. The molecule has 0 amide bonds. The number of thioether (sulfide) groups is 1. The van der Waals surface area contributed by atoms with Crippen LogP contribution in [0.2, 0.25) is 0 Å². The molecule has 0 saturated heterocycles. The molecular weight excluding hydrogens is 317 g/mol. The number of hydrogen-bond donors (Lipinski definition) is 2. The van der Waals surface area contributed by atoms with Crippen LogP contribution < -0.4 is 11.1 Å². The Kier molecular flexibility index (Phi) is 5.03. The summed E-state index contributed by atoms with van der Waals surface area (Å²) in [7, 11) is 0. The van der Waals surface area contributed by atoms with Crippen molar-refractivity contribution in [2.24, 2.45) is 5.73 Å². The highest BCUT2D eigenvalue weighted by Crippen LogP contribution is 2.35. The second-order valence-corrected chi connectivity index (χ2v) is 6.59. The zero-order valence-corrected chi connectivity index (χ0v) is 13.2. The fraction of sp³-hybridized carbons (Fsp3) is 0.500. The highest BCUT2D eigenvalue weighted by molar-refractivity contribution is 7.99. The first-order valence-electron chi connectivity index (χ1n) is 6.63. The number of nitrogens with one attached hydrogen (secondary N) is 1. The van der Waals surface area contributed by atoms with E-state index in [1.807, 2.05) is 6.26 Å². The van der Waals surface area contributed by atoms with E-state index in [0.29, 0.717) is 10.9 Å². The summed E-state index contributed by atoms with van der Waals surface area (Å²) < 4.78 is 39.3. The molecule has 0 bridgehead atoms. The summed E-state index contributed by atoms with van der Waals surface area (Å²) in [5, 5.41) is 3.66. The van der Waals surface area contributed by atoms with Gasteiger partial charge in [0.2, 0.25) is 0 Å². The lowest BCUT2D eigenvalue weighted by Crippen LogP contribution is -2.26. The summed E-state index contributed by atoms with van der Waals surface area (Å²) in [6.07, 6.45) is 0.729. The fourth-order valence-electron chi connectivity index (χ4n) is 2.67. The Morgan fingerprint density at radius 2 is 2.10 bits per heavy atom. The summed E-state index contributed by atoms with van der Waals surface area (Å²) in [6.45, 7) is 0. The van der Waals surface area contributed by atoms with E-state index in [-0.39, 0.29) is 16.6 Å². The molecule has 0 radical (unpaired) electrons. The number of nitrogens with two attached hydrogens (primary N) is 1. The van der Waals surface area contributed by atoms with Crippen molar-refractivity contribution in [3.05, 3.63) is 29.3 Å². The SMILES string of the molecule is CSC1CCCC1Nc1ccc(C(N)=S)c(C(F)(F)F)c1. The van der Waals surface area contributed by atoms with Gasteiger partial charge in [-0.15, -0.1) is 0 Å². The maximum atomic E-state index is 13.1. The molecule has 21 heavy (non-hydrogen) atoms.